The SMILES string of the molecule is N#Cc1ccccc1NC(=O)Nc1ccc(C(F)(F)F)cc1. The highest BCUT2D eigenvalue weighted by atomic mass is 19.4. The average molecular weight is 305 g/mol. The van der Waals surface area contributed by atoms with Gasteiger partial charge in [0.1, 0.15) is 6.07 Å². The van der Waals surface area contributed by atoms with Gasteiger partial charge in [0.2, 0.25) is 0 Å². The molecule has 2 rings (SSSR count). The van der Waals surface area contributed by atoms with Crippen LogP contribution in [0.5, 0.6) is 0 Å². The van der Waals surface area contributed by atoms with Gasteiger partial charge >= 0.3 is 12.2 Å². The third-order valence-electron chi connectivity index (χ3n) is 2.77. The number of hydrogen-bond acceptors (Lipinski definition) is 2. The fourth-order valence-corrected chi connectivity index (χ4v) is 1.72. The van der Waals surface area contributed by atoms with E-state index in [4.69, 9.17) is 5.26 Å². The first-order valence-corrected chi connectivity index (χ1v) is 6.14. The summed E-state index contributed by atoms with van der Waals surface area (Å²) in [5, 5.41) is 13.8. The van der Waals surface area contributed by atoms with Crippen molar-refractivity contribution in [3.05, 3.63) is 59.7 Å². The molecule has 0 aliphatic rings. The van der Waals surface area contributed by atoms with E-state index in [-0.39, 0.29) is 11.3 Å². The lowest BCUT2D eigenvalue weighted by Crippen LogP contribution is -2.20. The molecule has 0 aliphatic heterocycles. The summed E-state index contributed by atoms with van der Waals surface area (Å²) in [7, 11) is 0. The van der Waals surface area contributed by atoms with Gasteiger partial charge in [-0.3, -0.25) is 0 Å². The Labute approximate surface area is 124 Å². The second-order valence-electron chi connectivity index (χ2n) is 4.31. The fraction of sp³-hybridized carbons (Fsp3) is 0.0667. The third-order valence-corrected chi connectivity index (χ3v) is 2.77. The van der Waals surface area contributed by atoms with Crippen molar-refractivity contribution in [2.45, 2.75) is 6.18 Å². The molecule has 7 heteroatoms. The number of carbonyl (C=O) groups excluding carboxylic acids is 1. The average Bonchev–Trinajstić information content (AvgIpc) is 2.47. The number of para-hydroxylation sites is 1. The number of nitrogens with one attached hydrogen (secondary N) is 2. The lowest BCUT2D eigenvalue weighted by molar-refractivity contribution is -0.137. The molecule has 2 aromatic carbocycles. The van der Waals surface area contributed by atoms with Crippen molar-refractivity contribution < 1.29 is 18.0 Å². The number of halogens is 3. The van der Waals surface area contributed by atoms with E-state index in [0.717, 1.165) is 24.3 Å². The Hall–Kier alpha value is -3.01. The molecule has 2 aromatic rings. The molecule has 0 bridgehead atoms. The molecule has 4 nitrogen and oxygen atoms in total. The van der Waals surface area contributed by atoms with E-state index in [2.05, 4.69) is 10.6 Å². The maximum Gasteiger partial charge on any atom is 0.416 e. The number of carbonyl (C=O) groups is 1. The van der Waals surface area contributed by atoms with Gasteiger partial charge in [0.15, 0.2) is 0 Å². The summed E-state index contributed by atoms with van der Waals surface area (Å²) < 4.78 is 37.3. The van der Waals surface area contributed by atoms with Crippen LogP contribution in [0, 0.1) is 11.3 Å². The van der Waals surface area contributed by atoms with Crippen molar-refractivity contribution in [2.24, 2.45) is 0 Å². The Kier molecular flexibility index (Phi) is 4.32. The predicted molar refractivity (Wildman–Crippen MR) is 75.2 cm³/mol. The Morgan fingerprint density at radius 1 is 1.00 bits per heavy atom. The molecule has 0 unspecified atom stereocenters. The fourth-order valence-electron chi connectivity index (χ4n) is 1.72. The molecule has 0 spiro atoms. The van der Waals surface area contributed by atoms with Crippen molar-refractivity contribution in [2.75, 3.05) is 10.6 Å². The van der Waals surface area contributed by atoms with E-state index in [9.17, 15) is 18.0 Å². The Balaban J connectivity index is 2.05. The number of nitriles is 1. The van der Waals surface area contributed by atoms with E-state index in [1.165, 1.54) is 6.07 Å². The maximum atomic E-state index is 12.4. The van der Waals surface area contributed by atoms with Crippen molar-refractivity contribution in [3.63, 3.8) is 0 Å². The zero-order valence-electron chi connectivity index (χ0n) is 11.1. The van der Waals surface area contributed by atoms with E-state index < -0.39 is 17.8 Å². The van der Waals surface area contributed by atoms with Gasteiger partial charge < -0.3 is 10.6 Å². The number of benzene rings is 2. The topological polar surface area (TPSA) is 64.9 Å². The molecule has 2 N–H and O–H groups in total. The first-order chi connectivity index (χ1) is 10.4. The minimum atomic E-state index is -4.42. The number of nitrogens with zero attached hydrogens (tertiary/aromatic N) is 1. The van der Waals surface area contributed by atoms with Crippen LogP contribution in [0.15, 0.2) is 48.5 Å². The summed E-state index contributed by atoms with van der Waals surface area (Å²) in [5.41, 5.74) is 0.00713. The zero-order valence-corrected chi connectivity index (χ0v) is 11.1. The minimum Gasteiger partial charge on any atom is -0.308 e. The van der Waals surface area contributed by atoms with Gasteiger partial charge in [-0.05, 0) is 36.4 Å². The lowest BCUT2D eigenvalue weighted by atomic mass is 10.2. The first kappa shape index (κ1) is 15.4. The van der Waals surface area contributed by atoms with E-state index >= 15 is 0 Å². The molecule has 0 fully saturated rings. The number of alkyl halides is 3. The van der Waals surface area contributed by atoms with Crippen LogP contribution in [0.1, 0.15) is 11.1 Å². The number of anilines is 2. The highest BCUT2D eigenvalue weighted by Crippen LogP contribution is 2.29. The maximum absolute atomic E-state index is 12.4. The Morgan fingerprint density at radius 3 is 2.23 bits per heavy atom. The molecule has 0 aromatic heterocycles. The normalized spacial score (nSPS) is 10.6. The van der Waals surface area contributed by atoms with Crippen LogP contribution in [0.25, 0.3) is 0 Å². The zero-order chi connectivity index (χ0) is 16.2. The molecule has 0 heterocycles. The summed E-state index contributed by atoms with van der Waals surface area (Å²) in [6, 6.07) is 11.7. The molecule has 0 saturated carbocycles. The van der Waals surface area contributed by atoms with Crippen LogP contribution in [0.4, 0.5) is 29.3 Å². The van der Waals surface area contributed by atoms with E-state index in [1.807, 2.05) is 6.07 Å². The van der Waals surface area contributed by atoms with Gasteiger partial charge in [-0.1, -0.05) is 12.1 Å². The van der Waals surface area contributed by atoms with Crippen LogP contribution in [-0.4, -0.2) is 6.03 Å². The smallest absolute Gasteiger partial charge is 0.308 e. The molecular weight excluding hydrogens is 295 g/mol. The molecule has 2 amide bonds. The molecule has 0 aliphatic carbocycles. The number of hydrogen-bond donors (Lipinski definition) is 2. The van der Waals surface area contributed by atoms with Crippen molar-refractivity contribution in [3.8, 4) is 6.07 Å². The largest absolute Gasteiger partial charge is 0.416 e. The van der Waals surface area contributed by atoms with Gasteiger partial charge in [0.05, 0.1) is 16.8 Å². The summed E-state index contributed by atoms with van der Waals surface area (Å²) >= 11 is 0. The van der Waals surface area contributed by atoms with Gasteiger partial charge in [0.25, 0.3) is 0 Å². The first-order valence-electron chi connectivity index (χ1n) is 6.14. The number of urea groups is 1. The van der Waals surface area contributed by atoms with Crippen LogP contribution >= 0.6 is 0 Å². The monoisotopic (exact) mass is 305 g/mol. The van der Waals surface area contributed by atoms with Crippen LogP contribution in [0.2, 0.25) is 0 Å². The predicted octanol–water partition coefficient (Wildman–Crippen LogP) is 4.22. The summed E-state index contributed by atoms with van der Waals surface area (Å²) in [6.45, 7) is 0. The van der Waals surface area contributed by atoms with Crippen molar-refractivity contribution in [1.29, 1.82) is 5.26 Å². The highest BCUT2D eigenvalue weighted by Gasteiger charge is 2.29. The molecule has 0 radical (unpaired) electrons. The van der Waals surface area contributed by atoms with Gasteiger partial charge in [-0.2, -0.15) is 18.4 Å². The molecule has 0 saturated heterocycles. The van der Waals surface area contributed by atoms with Crippen molar-refractivity contribution >= 4 is 17.4 Å². The number of rotatable bonds is 2. The van der Waals surface area contributed by atoms with Crippen LogP contribution in [-0.2, 0) is 6.18 Å². The summed E-state index contributed by atoms with van der Waals surface area (Å²) in [4.78, 5) is 11.8. The third kappa shape index (κ3) is 3.76. The van der Waals surface area contributed by atoms with E-state index in [0.29, 0.717) is 5.69 Å². The van der Waals surface area contributed by atoms with Crippen LogP contribution in [0.3, 0.4) is 0 Å². The molecular formula is C15H10F3N3O. The Morgan fingerprint density at radius 2 is 1.64 bits per heavy atom. The molecule has 22 heavy (non-hydrogen) atoms. The van der Waals surface area contributed by atoms with E-state index in [1.54, 1.807) is 18.2 Å². The van der Waals surface area contributed by atoms with Gasteiger partial charge in [0, 0.05) is 5.69 Å². The standard InChI is InChI=1S/C15H10F3N3O/c16-15(17,18)11-5-7-12(8-6-11)20-14(22)21-13-4-2-1-3-10(13)9-19/h1-8H,(H2,20,21,22). The minimum absolute atomic E-state index is 0.208. The second kappa shape index (κ2) is 6.18. The number of amides is 2. The molecule has 112 valence electrons. The summed E-state index contributed by atoms with van der Waals surface area (Å²) in [5.74, 6) is 0. The van der Waals surface area contributed by atoms with Gasteiger partial charge in [-0.25, -0.2) is 4.79 Å². The van der Waals surface area contributed by atoms with Crippen molar-refractivity contribution in [1.82, 2.24) is 0 Å². The Bertz CT molecular complexity index is 718. The molecule has 0 atom stereocenters. The van der Waals surface area contributed by atoms with Crippen LogP contribution < -0.4 is 10.6 Å². The van der Waals surface area contributed by atoms with Gasteiger partial charge in [-0.15, -0.1) is 0 Å². The summed E-state index contributed by atoms with van der Waals surface area (Å²) in [6.07, 6.45) is -4.42. The highest BCUT2D eigenvalue weighted by molar-refractivity contribution is 6.00. The quantitative estimate of drug-likeness (QED) is 0.872. The second-order valence-corrected chi connectivity index (χ2v) is 4.31. The lowest BCUT2D eigenvalue weighted by Gasteiger charge is -2.10.